The molecule has 0 unspecified atom stereocenters. The summed E-state index contributed by atoms with van der Waals surface area (Å²) in [5, 5.41) is 0. The Morgan fingerprint density at radius 3 is 2.65 bits per heavy atom. The fourth-order valence-corrected chi connectivity index (χ4v) is 3.15. The van der Waals surface area contributed by atoms with Crippen LogP contribution >= 0.6 is 0 Å². The van der Waals surface area contributed by atoms with Crippen molar-refractivity contribution in [1.29, 1.82) is 0 Å². The molecule has 1 aliphatic carbocycles. The number of aryl methyl sites for hydroxylation is 1. The maximum absolute atomic E-state index is 12.4. The molecule has 0 bridgehead atoms. The number of hydrogen-bond acceptors (Lipinski definition) is 3. The van der Waals surface area contributed by atoms with Crippen molar-refractivity contribution in [2.24, 2.45) is 0 Å². The molecule has 0 N–H and O–H groups in total. The third-order valence-electron chi connectivity index (χ3n) is 4.63. The molecule has 3 amide bonds. The molecule has 3 heterocycles. The number of pyridine rings is 1. The highest BCUT2D eigenvalue weighted by Crippen LogP contribution is 2.42. The molecule has 120 valence electrons. The maximum atomic E-state index is 12.4. The van der Waals surface area contributed by atoms with E-state index in [-0.39, 0.29) is 18.5 Å². The molecule has 23 heavy (non-hydrogen) atoms. The lowest BCUT2D eigenvalue weighted by Gasteiger charge is -2.17. The lowest BCUT2D eigenvalue weighted by atomic mass is 10.1. The third kappa shape index (κ3) is 2.29. The van der Waals surface area contributed by atoms with Crippen LogP contribution in [0, 0.1) is 0 Å². The Morgan fingerprint density at radius 2 is 2.04 bits per heavy atom. The lowest BCUT2D eigenvalue weighted by molar-refractivity contribution is -0.123. The molecule has 2 aromatic rings. The lowest BCUT2D eigenvalue weighted by Crippen LogP contribution is -2.30. The second-order valence-electron chi connectivity index (χ2n) is 6.47. The Kier molecular flexibility index (Phi) is 3.14. The summed E-state index contributed by atoms with van der Waals surface area (Å²) in [6.45, 7) is 2.22. The zero-order chi connectivity index (χ0) is 16.1. The van der Waals surface area contributed by atoms with Crippen molar-refractivity contribution in [1.82, 2.24) is 14.3 Å². The standard InChI is InChI=1S/C17H20N4O2/c1-3-4-13-9-20-8-12(11-5-6-11)7-14(16(20)18-13)21-10-15(22)19(2)17(21)23/h7-9,11H,3-6,10H2,1-2H3. The summed E-state index contributed by atoms with van der Waals surface area (Å²) < 4.78 is 2.02. The minimum absolute atomic E-state index is 0.0923. The number of anilines is 1. The topological polar surface area (TPSA) is 57.9 Å². The third-order valence-corrected chi connectivity index (χ3v) is 4.63. The maximum Gasteiger partial charge on any atom is 0.331 e. The van der Waals surface area contributed by atoms with Crippen molar-refractivity contribution in [3.05, 3.63) is 29.7 Å². The van der Waals surface area contributed by atoms with Crippen LogP contribution in [0.5, 0.6) is 0 Å². The minimum atomic E-state index is -0.273. The number of nitrogens with zero attached hydrogens (tertiary/aromatic N) is 4. The zero-order valence-corrected chi connectivity index (χ0v) is 13.5. The van der Waals surface area contributed by atoms with E-state index in [0.29, 0.717) is 5.92 Å². The molecule has 2 aromatic heterocycles. The summed E-state index contributed by atoms with van der Waals surface area (Å²) in [6, 6.07) is 1.77. The number of aromatic nitrogens is 2. The first-order valence-corrected chi connectivity index (χ1v) is 8.18. The van der Waals surface area contributed by atoms with E-state index in [0.717, 1.165) is 29.9 Å². The number of likely N-dealkylation sites (N-methyl/N-ethyl adjacent to an activating group) is 1. The van der Waals surface area contributed by atoms with Gasteiger partial charge < -0.3 is 4.40 Å². The summed E-state index contributed by atoms with van der Waals surface area (Å²) in [7, 11) is 1.53. The second kappa shape index (κ2) is 5.08. The van der Waals surface area contributed by atoms with Crippen LogP contribution in [0.15, 0.2) is 18.5 Å². The molecule has 2 fully saturated rings. The van der Waals surface area contributed by atoms with Gasteiger partial charge in [0.25, 0.3) is 0 Å². The highest BCUT2D eigenvalue weighted by Gasteiger charge is 2.36. The first kappa shape index (κ1) is 14.2. The van der Waals surface area contributed by atoms with E-state index in [1.54, 1.807) is 4.90 Å². The Hall–Kier alpha value is -2.37. The van der Waals surface area contributed by atoms with Gasteiger partial charge in [-0.2, -0.15) is 0 Å². The molecule has 0 radical (unpaired) electrons. The zero-order valence-electron chi connectivity index (χ0n) is 13.5. The smallest absolute Gasteiger partial charge is 0.305 e. The van der Waals surface area contributed by atoms with Crippen LogP contribution in [0.1, 0.15) is 43.4 Å². The molecule has 1 saturated carbocycles. The van der Waals surface area contributed by atoms with Gasteiger partial charge in [-0.15, -0.1) is 0 Å². The number of imidazole rings is 1. The van der Waals surface area contributed by atoms with Crippen molar-refractivity contribution in [3.63, 3.8) is 0 Å². The number of imide groups is 1. The van der Waals surface area contributed by atoms with Crippen molar-refractivity contribution >= 4 is 23.3 Å². The fraction of sp³-hybridized carbons (Fsp3) is 0.471. The summed E-state index contributed by atoms with van der Waals surface area (Å²) in [5.41, 5.74) is 3.75. The van der Waals surface area contributed by atoms with Crippen molar-refractivity contribution in [2.45, 2.75) is 38.5 Å². The molecular formula is C17H20N4O2. The average Bonchev–Trinajstić information content (AvgIpc) is 3.25. The largest absolute Gasteiger partial charge is 0.331 e. The van der Waals surface area contributed by atoms with Crippen LogP contribution < -0.4 is 4.90 Å². The number of carbonyl (C=O) groups is 2. The number of amides is 3. The van der Waals surface area contributed by atoms with Crippen molar-refractivity contribution in [2.75, 3.05) is 18.5 Å². The van der Waals surface area contributed by atoms with Gasteiger partial charge in [-0.05, 0) is 36.8 Å². The Labute approximate surface area is 134 Å². The number of fused-ring (bicyclic) bond motifs is 1. The first-order chi connectivity index (χ1) is 11.1. The first-order valence-electron chi connectivity index (χ1n) is 8.18. The van der Waals surface area contributed by atoms with Crippen LogP contribution in [-0.2, 0) is 11.2 Å². The van der Waals surface area contributed by atoms with E-state index in [4.69, 9.17) is 4.98 Å². The summed E-state index contributed by atoms with van der Waals surface area (Å²) in [5.74, 6) is 0.395. The van der Waals surface area contributed by atoms with E-state index >= 15 is 0 Å². The monoisotopic (exact) mass is 312 g/mol. The van der Waals surface area contributed by atoms with Crippen molar-refractivity contribution < 1.29 is 9.59 Å². The Bertz CT molecular complexity index is 806. The van der Waals surface area contributed by atoms with E-state index in [1.165, 1.54) is 30.4 Å². The van der Waals surface area contributed by atoms with Crippen LogP contribution in [0.3, 0.4) is 0 Å². The number of carbonyl (C=O) groups excluding carboxylic acids is 2. The van der Waals surface area contributed by atoms with E-state index in [9.17, 15) is 9.59 Å². The van der Waals surface area contributed by atoms with Crippen LogP contribution in [0.4, 0.5) is 10.5 Å². The van der Waals surface area contributed by atoms with Crippen LogP contribution in [0.2, 0.25) is 0 Å². The van der Waals surface area contributed by atoms with E-state index in [1.807, 2.05) is 16.7 Å². The van der Waals surface area contributed by atoms with Gasteiger partial charge in [0.05, 0.1) is 11.4 Å². The molecular weight excluding hydrogens is 292 g/mol. The van der Waals surface area contributed by atoms with E-state index in [2.05, 4.69) is 13.1 Å². The van der Waals surface area contributed by atoms with Gasteiger partial charge in [0.15, 0.2) is 5.65 Å². The quantitative estimate of drug-likeness (QED) is 0.815. The van der Waals surface area contributed by atoms with Gasteiger partial charge in [-0.25, -0.2) is 9.78 Å². The molecule has 0 spiro atoms. The molecule has 1 saturated heterocycles. The molecule has 6 heteroatoms. The highest BCUT2D eigenvalue weighted by molar-refractivity contribution is 6.13. The summed E-state index contributed by atoms with van der Waals surface area (Å²) >= 11 is 0. The van der Waals surface area contributed by atoms with Gasteiger partial charge in [0, 0.05) is 19.4 Å². The molecule has 2 aliphatic rings. The Morgan fingerprint density at radius 1 is 1.26 bits per heavy atom. The molecule has 1 aliphatic heterocycles. The molecule has 6 nitrogen and oxygen atoms in total. The number of urea groups is 1. The molecule has 0 atom stereocenters. The highest BCUT2D eigenvalue weighted by atomic mass is 16.2. The van der Waals surface area contributed by atoms with E-state index < -0.39 is 0 Å². The molecule has 4 rings (SSSR count). The molecule has 0 aromatic carbocycles. The van der Waals surface area contributed by atoms with Crippen LogP contribution in [-0.4, -0.2) is 39.8 Å². The van der Waals surface area contributed by atoms with Gasteiger partial charge in [0.1, 0.15) is 6.54 Å². The minimum Gasteiger partial charge on any atom is -0.305 e. The van der Waals surface area contributed by atoms with Crippen LogP contribution in [0.25, 0.3) is 5.65 Å². The van der Waals surface area contributed by atoms with Gasteiger partial charge >= 0.3 is 6.03 Å². The number of hydrogen-bond donors (Lipinski definition) is 0. The summed E-state index contributed by atoms with van der Waals surface area (Å²) in [6.07, 6.45) is 8.47. The predicted octanol–water partition coefficient (Wildman–Crippen LogP) is 2.56. The van der Waals surface area contributed by atoms with Crippen molar-refractivity contribution in [3.8, 4) is 0 Å². The fourth-order valence-electron chi connectivity index (χ4n) is 3.15. The normalized spacial score (nSPS) is 18.5. The van der Waals surface area contributed by atoms with Gasteiger partial charge in [0.2, 0.25) is 5.91 Å². The second-order valence-corrected chi connectivity index (χ2v) is 6.47. The predicted molar refractivity (Wildman–Crippen MR) is 86.7 cm³/mol. The summed E-state index contributed by atoms with van der Waals surface area (Å²) in [4.78, 5) is 31.7. The van der Waals surface area contributed by atoms with Gasteiger partial charge in [-0.1, -0.05) is 13.3 Å². The van der Waals surface area contributed by atoms with Gasteiger partial charge in [-0.3, -0.25) is 14.6 Å². The Balaban J connectivity index is 1.86. The average molecular weight is 312 g/mol. The number of rotatable bonds is 4. The SMILES string of the molecule is CCCc1cn2cc(C3CC3)cc(N3CC(=O)N(C)C3=O)c2n1.